The lowest BCUT2D eigenvalue weighted by atomic mass is 9.57. The van der Waals surface area contributed by atoms with E-state index in [9.17, 15) is 0 Å². The van der Waals surface area contributed by atoms with Crippen molar-refractivity contribution in [2.45, 2.75) is 88.0 Å². The van der Waals surface area contributed by atoms with Gasteiger partial charge < -0.3 is 10.6 Å². The lowest BCUT2D eigenvalue weighted by Gasteiger charge is -2.54. The van der Waals surface area contributed by atoms with Crippen LogP contribution >= 0.6 is 23.2 Å². The minimum absolute atomic E-state index is 0.0159. The zero-order valence-electron chi connectivity index (χ0n) is 27.2. The highest BCUT2D eigenvalue weighted by molar-refractivity contribution is 6.30. The number of rotatable bonds is 14. The quantitative estimate of drug-likeness (QED) is 0.139. The molecular weight excluding hydrogens is 591 g/mol. The average molecular weight is 642 g/mol. The molecule has 0 bridgehead atoms. The Morgan fingerprint density at radius 3 is 1.53 bits per heavy atom. The first-order chi connectivity index (χ1) is 21.9. The summed E-state index contributed by atoms with van der Waals surface area (Å²) in [6, 6.07) is 39.1. The highest BCUT2D eigenvalue weighted by atomic mass is 35.5. The Morgan fingerprint density at radius 2 is 1.07 bits per heavy atom. The molecule has 45 heavy (non-hydrogen) atoms. The van der Waals surface area contributed by atoms with Crippen molar-refractivity contribution in [3.05, 3.63) is 141 Å². The summed E-state index contributed by atoms with van der Waals surface area (Å²) in [7, 11) is 0. The number of nitrogens with zero attached hydrogens (tertiary/aromatic N) is 1. The Hall–Kier alpha value is -2.62. The Kier molecular flexibility index (Phi) is 11.5. The number of nitrogens with two attached hydrogens (primary N) is 1. The Morgan fingerprint density at radius 1 is 0.622 bits per heavy atom. The van der Waals surface area contributed by atoms with E-state index in [1.165, 1.54) is 47.9 Å². The minimum atomic E-state index is -0.343. The summed E-state index contributed by atoms with van der Waals surface area (Å²) in [6.45, 7) is 7.64. The van der Waals surface area contributed by atoms with Gasteiger partial charge in [0.25, 0.3) is 0 Å². The van der Waals surface area contributed by atoms with Crippen molar-refractivity contribution in [3.8, 4) is 0 Å². The Bertz CT molecular complexity index is 1390. The van der Waals surface area contributed by atoms with E-state index < -0.39 is 0 Å². The van der Waals surface area contributed by atoms with Gasteiger partial charge in [0, 0.05) is 26.4 Å². The van der Waals surface area contributed by atoms with Gasteiger partial charge in [0.05, 0.1) is 0 Å². The first kappa shape index (κ1) is 33.7. The standard InChI is InChI=1S/C41H50Cl2N2/c1-3-5-25-40(44,26-6-4-2)39(33-13-9-7-10-14-33)27-30-45(31-28-39)32-29-41(34-15-11-8-12-16-34,35-17-21-37(42)22-18-35)36-19-23-38(43)24-20-36/h7-24H,3-6,25-32,44H2,1-2H3. The number of benzene rings is 4. The summed E-state index contributed by atoms with van der Waals surface area (Å²) in [4.78, 5) is 2.69. The highest BCUT2D eigenvalue weighted by Gasteiger charge is 2.50. The summed E-state index contributed by atoms with van der Waals surface area (Å²) in [6.07, 6.45) is 10.0. The van der Waals surface area contributed by atoms with Crippen LogP contribution in [0.4, 0.5) is 0 Å². The first-order valence-corrected chi connectivity index (χ1v) is 17.8. The van der Waals surface area contributed by atoms with E-state index in [0.29, 0.717) is 0 Å². The molecular formula is C41H50Cl2N2. The number of piperidine rings is 1. The normalized spacial score (nSPS) is 15.7. The maximum atomic E-state index is 7.61. The van der Waals surface area contributed by atoms with Gasteiger partial charge in [-0.25, -0.2) is 0 Å². The van der Waals surface area contributed by atoms with Crippen LogP contribution in [0.15, 0.2) is 109 Å². The molecule has 0 aliphatic carbocycles. The molecule has 0 atom stereocenters. The summed E-state index contributed by atoms with van der Waals surface area (Å²) in [5.74, 6) is 0. The van der Waals surface area contributed by atoms with E-state index in [1.807, 2.05) is 24.3 Å². The Labute approximate surface area is 282 Å². The van der Waals surface area contributed by atoms with E-state index in [-0.39, 0.29) is 16.4 Å². The molecule has 1 fully saturated rings. The predicted octanol–water partition coefficient (Wildman–Crippen LogP) is 10.8. The summed E-state index contributed by atoms with van der Waals surface area (Å²) >= 11 is 12.8. The molecule has 1 heterocycles. The van der Waals surface area contributed by atoms with Gasteiger partial charge in [-0.2, -0.15) is 0 Å². The van der Waals surface area contributed by atoms with E-state index in [2.05, 4.69) is 104 Å². The number of likely N-dealkylation sites (tertiary alicyclic amines) is 1. The second-order valence-electron chi connectivity index (χ2n) is 13.2. The molecule has 238 valence electrons. The zero-order chi connectivity index (χ0) is 31.8. The highest BCUT2D eigenvalue weighted by Crippen LogP contribution is 2.49. The van der Waals surface area contributed by atoms with Crippen LogP contribution in [0.1, 0.15) is 93.9 Å². The number of halogens is 2. The second-order valence-corrected chi connectivity index (χ2v) is 14.1. The van der Waals surface area contributed by atoms with Crippen molar-refractivity contribution in [1.29, 1.82) is 0 Å². The van der Waals surface area contributed by atoms with Gasteiger partial charge in [0.15, 0.2) is 0 Å². The molecule has 4 aromatic rings. The molecule has 1 aliphatic heterocycles. The number of unbranched alkanes of at least 4 members (excludes halogenated alkanes) is 2. The average Bonchev–Trinajstić information content (AvgIpc) is 3.09. The molecule has 0 radical (unpaired) electrons. The van der Waals surface area contributed by atoms with Crippen LogP contribution in [0.3, 0.4) is 0 Å². The molecule has 2 N–H and O–H groups in total. The smallest absolute Gasteiger partial charge is 0.0463 e. The molecule has 0 spiro atoms. The SMILES string of the molecule is CCCCC(N)(CCCC)C1(c2ccccc2)CCN(CCC(c2ccccc2)(c2ccc(Cl)cc2)c2ccc(Cl)cc2)CC1. The number of hydrogen-bond acceptors (Lipinski definition) is 2. The van der Waals surface area contributed by atoms with Crippen LogP contribution in [0.2, 0.25) is 10.0 Å². The van der Waals surface area contributed by atoms with Crippen LogP contribution in [0, 0.1) is 0 Å². The van der Waals surface area contributed by atoms with Crippen LogP contribution in [0.5, 0.6) is 0 Å². The van der Waals surface area contributed by atoms with Gasteiger partial charge in [-0.05, 0) is 98.3 Å². The largest absolute Gasteiger partial charge is 0.324 e. The maximum absolute atomic E-state index is 7.61. The van der Waals surface area contributed by atoms with Gasteiger partial charge in [-0.3, -0.25) is 0 Å². The summed E-state index contributed by atoms with van der Waals surface area (Å²) in [5, 5.41) is 1.50. The lowest BCUT2D eigenvalue weighted by molar-refractivity contribution is 0.0767. The van der Waals surface area contributed by atoms with Crippen LogP contribution in [0.25, 0.3) is 0 Å². The molecule has 4 heteroatoms. The van der Waals surface area contributed by atoms with Crippen LogP contribution in [-0.4, -0.2) is 30.1 Å². The van der Waals surface area contributed by atoms with Gasteiger partial charge in [0.1, 0.15) is 0 Å². The summed E-state index contributed by atoms with van der Waals surface area (Å²) < 4.78 is 0. The molecule has 0 saturated carbocycles. The van der Waals surface area contributed by atoms with Crippen molar-refractivity contribution in [1.82, 2.24) is 4.90 Å². The van der Waals surface area contributed by atoms with E-state index in [0.717, 1.165) is 61.8 Å². The van der Waals surface area contributed by atoms with E-state index in [4.69, 9.17) is 28.9 Å². The topological polar surface area (TPSA) is 29.3 Å². The second kappa shape index (κ2) is 15.3. The van der Waals surface area contributed by atoms with Crippen molar-refractivity contribution in [2.24, 2.45) is 5.73 Å². The van der Waals surface area contributed by atoms with Gasteiger partial charge >= 0.3 is 0 Å². The van der Waals surface area contributed by atoms with Gasteiger partial charge in [0.2, 0.25) is 0 Å². The van der Waals surface area contributed by atoms with Crippen molar-refractivity contribution < 1.29 is 0 Å². The van der Waals surface area contributed by atoms with E-state index >= 15 is 0 Å². The third-order valence-electron chi connectivity index (χ3n) is 10.7. The fourth-order valence-electron chi connectivity index (χ4n) is 8.03. The maximum Gasteiger partial charge on any atom is 0.0463 e. The predicted molar refractivity (Wildman–Crippen MR) is 194 cm³/mol. The van der Waals surface area contributed by atoms with Crippen molar-refractivity contribution in [3.63, 3.8) is 0 Å². The molecule has 0 amide bonds. The monoisotopic (exact) mass is 640 g/mol. The third-order valence-corrected chi connectivity index (χ3v) is 11.2. The molecule has 2 nitrogen and oxygen atoms in total. The Balaban J connectivity index is 1.48. The molecule has 1 saturated heterocycles. The van der Waals surface area contributed by atoms with Crippen molar-refractivity contribution in [2.75, 3.05) is 19.6 Å². The molecule has 5 rings (SSSR count). The van der Waals surface area contributed by atoms with Gasteiger partial charge in [-0.15, -0.1) is 0 Å². The minimum Gasteiger partial charge on any atom is -0.324 e. The van der Waals surface area contributed by atoms with Crippen molar-refractivity contribution >= 4 is 23.2 Å². The van der Waals surface area contributed by atoms with E-state index in [1.54, 1.807) is 0 Å². The fourth-order valence-corrected chi connectivity index (χ4v) is 8.28. The molecule has 1 aliphatic rings. The summed E-state index contributed by atoms with van der Waals surface area (Å²) in [5.41, 5.74) is 12.3. The van der Waals surface area contributed by atoms with Crippen LogP contribution < -0.4 is 5.73 Å². The number of hydrogen-bond donors (Lipinski definition) is 1. The fraction of sp³-hybridized carbons (Fsp3) is 0.415. The zero-order valence-corrected chi connectivity index (χ0v) is 28.7. The lowest BCUT2D eigenvalue weighted by Crippen LogP contribution is -2.62. The van der Waals surface area contributed by atoms with Crippen LogP contribution in [-0.2, 0) is 10.8 Å². The first-order valence-electron chi connectivity index (χ1n) is 17.0. The molecule has 0 unspecified atom stereocenters. The molecule has 4 aromatic carbocycles. The van der Waals surface area contributed by atoms with Gasteiger partial charge in [-0.1, -0.05) is 148 Å². The third kappa shape index (κ3) is 7.20. The molecule has 0 aromatic heterocycles.